The van der Waals surface area contributed by atoms with Crippen LogP contribution in [0.15, 0.2) is 28.7 Å². The zero-order valence-corrected chi connectivity index (χ0v) is 14.0. The second kappa shape index (κ2) is 5.49. The molecule has 0 bridgehead atoms. The molecule has 1 amide bonds. The van der Waals surface area contributed by atoms with Gasteiger partial charge in [-0.3, -0.25) is 4.79 Å². The average molecular weight is 339 g/mol. The van der Waals surface area contributed by atoms with Crippen LogP contribution in [0, 0.1) is 5.41 Å². The van der Waals surface area contributed by atoms with E-state index < -0.39 is 6.04 Å². The van der Waals surface area contributed by atoms with E-state index in [9.17, 15) is 4.79 Å². The third-order valence-electron chi connectivity index (χ3n) is 4.11. The molecule has 20 heavy (non-hydrogen) atoms. The third-order valence-corrected chi connectivity index (χ3v) is 4.60. The number of carbonyl (C=O) groups is 1. The van der Waals surface area contributed by atoms with Gasteiger partial charge < -0.3 is 11.1 Å². The summed E-state index contributed by atoms with van der Waals surface area (Å²) >= 11 is 3.50. The minimum absolute atomic E-state index is 0.0567. The molecule has 1 saturated carbocycles. The maximum atomic E-state index is 12.1. The Hall–Kier alpha value is -0.870. The highest BCUT2D eigenvalue weighted by molar-refractivity contribution is 9.10. The number of nitrogens with one attached hydrogen (secondary N) is 1. The standard InChI is InChI=1S/C16H23BrN2O/c1-15(2,3)13(18)14(20)19-10-16(7-8-16)11-5-4-6-12(17)9-11/h4-6,9,13H,7-8,10,18H2,1-3H3,(H,19,20)/t13-/m1/s1. The first-order valence-corrected chi connectivity index (χ1v) is 7.83. The summed E-state index contributed by atoms with van der Waals surface area (Å²) in [6.45, 7) is 6.63. The maximum Gasteiger partial charge on any atom is 0.237 e. The van der Waals surface area contributed by atoms with Gasteiger partial charge in [0.1, 0.15) is 0 Å². The van der Waals surface area contributed by atoms with Gasteiger partial charge in [0.05, 0.1) is 6.04 Å². The Morgan fingerprint density at radius 1 is 1.45 bits per heavy atom. The van der Waals surface area contributed by atoms with Crippen molar-refractivity contribution in [3.63, 3.8) is 0 Å². The van der Waals surface area contributed by atoms with Gasteiger partial charge in [0.15, 0.2) is 0 Å². The van der Waals surface area contributed by atoms with Crippen molar-refractivity contribution >= 4 is 21.8 Å². The van der Waals surface area contributed by atoms with Gasteiger partial charge in [-0.25, -0.2) is 0 Å². The highest BCUT2D eigenvalue weighted by Crippen LogP contribution is 2.48. The van der Waals surface area contributed by atoms with Gasteiger partial charge in [-0.05, 0) is 36.0 Å². The van der Waals surface area contributed by atoms with E-state index in [-0.39, 0.29) is 16.7 Å². The van der Waals surface area contributed by atoms with Gasteiger partial charge in [-0.15, -0.1) is 0 Å². The number of hydrogen-bond acceptors (Lipinski definition) is 2. The van der Waals surface area contributed by atoms with E-state index in [4.69, 9.17) is 5.73 Å². The van der Waals surface area contributed by atoms with Crippen molar-refractivity contribution in [2.24, 2.45) is 11.1 Å². The molecule has 0 aliphatic heterocycles. The lowest BCUT2D eigenvalue weighted by Crippen LogP contribution is -2.50. The number of benzene rings is 1. The molecule has 1 atom stereocenters. The second-order valence-electron chi connectivity index (χ2n) is 6.85. The van der Waals surface area contributed by atoms with Gasteiger partial charge in [-0.2, -0.15) is 0 Å². The number of carbonyl (C=O) groups excluding carboxylic acids is 1. The van der Waals surface area contributed by atoms with Gasteiger partial charge in [0.25, 0.3) is 0 Å². The van der Waals surface area contributed by atoms with E-state index in [1.54, 1.807) is 0 Å². The van der Waals surface area contributed by atoms with Crippen molar-refractivity contribution in [1.29, 1.82) is 0 Å². The van der Waals surface area contributed by atoms with Gasteiger partial charge in [0.2, 0.25) is 5.91 Å². The summed E-state index contributed by atoms with van der Waals surface area (Å²) in [6.07, 6.45) is 2.24. The highest BCUT2D eigenvalue weighted by Gasteiger charge is 2.44. The lowest BCUT2D eigenvalue weighted by atomic mass is 9.86. The molecule has 0 saturated heterocycles. The molecule has 0 heterocycles. The van der Waals surface area contributed by atoms with E-state index in [1.807, 2.05) is 32.9 Å². The SMILES string of the molecule is CC(C)(C)[C@H](N)C(=O)NCC1(c2cccc(Br)c2)CC1. The second-order valence-corrected chi connectivity index (χ2v) is 7.77. The van der Waals surface area contributed by atoms with Crippen LogP contribution in [-0.2, 0) is 10.2 Å². The Labute approximate surface area is 129 Å². The van der Waals surface area contributed by atoms with Gasteiger partial charge in [0, 0.05) is 16.4 Å². The predicted molar refractivity (Wildman–Crippen MR) is 85.5 cm³/mol. The minimum Gasteiger partial charge on any atom is -0.354 e. The summed E-state index contributed by atoms with van der Waals surface area (Å²) in [5, 5.41) is 3.03. The molecule has 2 rings (SSSR count). The Morgan fingerprint density at radius 3 is 2.60 bits per heavy atom. The molecular weight excluding hydrogens is 316 g/mol. The van der Waals surface area contributed by atoms with Gasteiger partial charge >= 0.3 is 0 Å². The molecule has 3 nitrogen and oxygen atoms in total. The predicted octanol–water partition coefficient (Wildman–Crippen LogP) is 2.97. The number of halogens is 1. The van der Waals surface area contributed by atoms with Gasteiger partial charge in [-0.1, -0.05) is 48.8 Å². The fraction of sp³-hybridized carbons (Fsp3) is 0.562. The van der Waals surface area contributed by atoms with Crippen LogP contribution in [0.4, 0.5) is 0 Å². The summed E-state index contributed by atoms with van der Waals surface area (Å²) in [4.78, 5) is 12.1. The minimum atomic E-state index is -0.471. The first-order valence-electron chi connectivity index (χ1n) is 7.04. The fourth-order valence-corrected chi connectivity index (χ4v) is 2.70. The Kier molecular flexibility index (Phi) is 4.26. The van der Waals surface area contributed by atoms with E-state index >= 15 is 0 Å². The fourth-order valence-electron chi connectivity index (χ4n) is 2.30. The molecule has 4 heteroatoms. The molecule has 1 aliphatic rings. The quantitative estimate of drug-likeness (QED) is 0.886. The molecule has 1 aromatic rings. The molecule has 1 aromatic carbocycles. The number of rotatable bonds is 4. The number of nitrogens with two attached hydrogens (primary N) is 1. The molecule has 1 fully saturated rings. The Bertz CT molecular complexity index is 503. The largest absolute Gasteiger partial charge is 0.354 e. The molecular formula is C16H23BrN2O. The molecule has 0 unspecified atom stereocenters. The van der Waals surface area contributed by atoms with Crippen LogP contribution in [0.3, 0.4) is 0 Å². The molecule has 110 valence electrons. The van der Waals surface area contributed by atoms with Crippen LogP contribution in [0.25, 0.3) is 0 Å². The molecule has 0 spiro atoms. The smallest absolute Gasteiger partial charge is 0.237 e. The van der Waals surface area contributed by atoms with Crippen LogP contribution in [0.1, 0.15) is 39.2 Å². The third kappa shape index (κ3) is 3.41. The van der Waals surface area contributed by atoms with Crippen molar-refractivity contribution in [1.82, 2.24) is 5.32 Å². The zero-order valence-electron chi connectivity index (χ0n) is 12.4. The zero-order chi connectivity index (χ0) is 15.0. The van der Waals surface area contributed by atoms with Crippen molar-refractivity contribution < 1.29 is 4.79 Å². The monoisotopic (exact) mass is 338 g/mol. The van der Waals surface area contributed by atoms with Crippen molar-refractivity contribution in [3.05, 3.63) is 34.3 Å². The first kappa shape index (κ1) is 15.5. The van der Waals surface area contributed by atoms with E-state index in [1.165, 1.54) is 5.56 Å². The average Bonchev–Trinajstić information content (AvgIpc) is 3.15. The normalized spacial score (nSPS) is 18.4. The lowest BCUT2D eigenvalue weighted by molar-refractivity contribution is -0.124. The highest BCUT2D eigenvalue weighted by atomic mass is 79.9. The van der Waals surface area contributed by atoms with Crippen LogP contribution in [0.2, 0.25) is 0 Å². The number of hydrogen-bond donors (Lipinski definition) is 2. The molecule has 3 N–H and O–H groups in total. The summed E-state index contributed by atoms with van der Waals surface area (Å²) in [5.74, 6) is -0.0567. The van der Waals surface area contributed by atoms with Crippen LogP contribution < -0.4 is 11.1 Å². The van der Waals surface area contributed by atoms with Crippen LogP contribution >= 0.6 is 15.9 Å². The first-order chi connectivity index (χ1) is 9.24. The maximum absolute atomic E-state index is 12.1. The summed E-state index contributed by atoms with van der Waals surface area (Å²) < 4.78 is 1.08. The number of amides is 1. The lowest BCUT2D eigenvalue weighted by Gasteiger charge is -2.27. The summed E-state index contributed by atoms with van der Waals surface area (Å²) in [7, 11) is 0. The topological polar surface area (TPSA) is 55.1 Å². The van der Waals surface area contributed by atoms with Crippen LogP contribution in [-0.4, -0.2) is 18.5 Å². The van der Waals surface area contributed by atoms with Crippen molar-refractivity contribution in [2.75, 3.05) is 6.54 Å². The van der Waals surface area contributed by atoms with Crippen LogP contribution in [0.5, 0.6) is 0 Å². The Morgan fingerprint density at radius 2 is 2.10 bits per heavy atom. The summed E-state index contributed by atoms with van der Waals surface area (Å²) in [6, 6.07) is 7.87. The van der Waals surface area contributed by atoms with E-state index in [2.05, 4.69) is 33.4 Å². The molecule has 0 aromatic heterocycles. The van der Waals surface area contributed by atoms with E-state index in [0.717, 1.165) is 17.3 Å². The van der Waals surface area contributed by atoms with Crippen molar-refractivity contribution in [3.8, 4) is 0 Å². The van der Waals surface area contributed by atoms with Crippen molar-refractivity contribution in [2.45, 2.75) is 45.1 Å². The molecule has 1 aliphatic carbocycles. The molecule has 0 radical (unpaired) electrons. The summed E-state index contributed by atoms with van der Waals surface area (Å²) in [5.41, 5.74) is 7.17. The van der Waals surface area contributed by atoms with E-state index in [0.29, 0.717) is 6.54 Å². The Balaban J connectivity index is 1.99.